The number of amides is 1. The molecule has 0 aliphatic carbocycles. The molecule has 152 valence electrons. The van der Waals surface area contributed by atoms with Gasteiger partial charge in [0.1, 0.15) is 0 Å². The highest BCUT2D eigenvalue weighted by molar-refractivity contribution is 5.78. The van der Waals surface area contributed by atoms with Crippen molar-refractivity contribution in [2.75, 3.05) is 57.3 Å². The van der Waals surface area contributed by atoms with Crippen molar-refractivity contribution in [2.24, 2.45) is 0 Å². The van der Waals surface area contributed by atoms with Gasteiger partial charge in [-0.15, -0.1) is 0 Å². The Hall–Kier alpha value is -1.85. The van der Waals surface area contributed by atoms with E-state index in [4.69, 9.17) is 4.74 Å². The summed E-state index contributed by atoms with van der Waals surface area (Å²) in [5, 5.41) is 0. The number of rotatable bonds is 3. The molecule has 0 bridgehead atoms. The minimum Gasteiger partial charge on any atom is -0.370 e. The zero-order chi connectivity index (χ0) is 19.6. The topological polar surface area (TPSA) is 36.0 Å². The molecule has 0 saturated carbocycles. The number of carbonyl (C=O) groups excluding carboxylic acids is 1. The number of piperazine rings is 1. The van der Waals surface area contributed by atoms with Gasteiger partial charge < -0.3 is 14.5 Å². The molecule has 1 aromatic carbocycles. The molecule has 2 saturated heterocycles. The van der Waals surface area contributed by atoms with Gasteiger partial charge in [0.15, 0.2) is 0 Å². The van der Waals surface area contributed by atoms with E-state index in [-0.39, 0.29) is 11.5 Å². The molecule has 1 spiro atoms. The summed E-state index contributed by atoms with van der Waals surface area (Å²) >= 11 is 0. The van der Waals surface area contributed by atoms with E-state index in [2.05, 4.69) is 54.0 Å². The number of anilines is 1. The van der Waals surface area contributed by atoms with Crippen molar-refractivity contribution >= 4 is 11.6 Å². The van der Waals surface area contributed by atoms with Crippen molar-refractivity contribution in [1.29, 1.82) is 0 Å². The third kappa shape index (κ3) is 4.41. The van der Waals surface area contributed by atoms with Gasteiger partial charge in [-0.2, -0.15) is 0 Å². The molecule has 0 aromatic heterocycles. The number of ether oxygens (including phenoxy) is 1. The Morgan fingerprint density at radius 3 is 2.50 bits per heavy atom. The van der Waals surface area contributed by atoms with E-state index in [0.29, 0.717) is 6.54 Å². The molecule has 0 unspecified atom stereocenters. The lowest BCUT2D eigenvalue weighted by Gasteiger charge is -2.43. The average Bonchev–Trinajstić information content (AvgIpc) is 2.69. The first-order chi connectivity index (χ1) is 13.5. The molecular weight excluding hydrogens is 350 g/mol. The lowest BCUT2D eigenvalue weighted by molar-refractivity contribution is -0.137. The fraction of sp³-hybridized carbons (Fsp3) is 0.609. The normalized spacial score (nSPS) is 23.0. The number of piperidine rings is 1. The maximum absolute atomic E-state index is 12.8. The number of likely N-dealkylation sites (tertiary alicyclic amines) is 1. The van der Waals surface area contributed by atoms with E-state index in [0.717, 1.165) is 65.1 Å². The van der Waals surface area contributed by atoms with Gasteiger partial charge in [-0.1, -0.05) is 23.8 Å². The van der Waals surface area contributed by atoms with Crippen LogP contribution in [-0.4, -0.2) is 73.7 Å². The molecule has 3 aliphatic heterocycles. The fourth-order valence-electron chi connectivity index (χ4n) is 4.68. The van der Waals surface area contributed by atoms with Crippen LogP contribution in [0.15, 0.2) is 35.9 Å². The van der Waals surface area contributed by atoms with Crippen molar-refractivity contribution < 1.29 is 9.53 Å². The van der Waals surface area contributed by atoms with Gasteiger partial charge in [0.2, 0.25) is 5.91 Å². The van der Waals surface area contributed by atoms with Gasteiger partial charge in [0, 0.05) is 45.0 Å². The quantitative estimate of drug-likeness (QED) is 0.752. The van der Waals surface area contributed by atoms with Crippen LogP contribution in [0.5, 0.6) is 0 Å². The first-order valence-corrected chi connectivity index (χ1v) is 10.7. The van der Waals surface area contributed by atoms with Crippen molar-refractivity contribution in [3.8, 4) is 0 Å². The summed E-state index contributed by atoms with van der Waals surface area (Å²) in [4.78, 5) is 19.6. The van der Waals surface area contributed by atoms with Crippen molar-refractivity contribution in [3.63, 3.8) is 0 Å². The molecular formula is C23H33N3O2. The van der Waals surface area contributed by atoms with Gasteiger partial charge in [0.25, 0.3) is 0 Å². The summed E-state index contributed by atoms with van der Waals surface area (Å²) in [7, 11) is 0. The smallest absolute Gasteiger partial charge is 0.236 e. The molecule has 5 heteroatoms. The highest BCUT2D eigenvalue weighted by Crippen LogP contribution is 2.33. The van der Waals surface area contributed by atoms with Crippen LogP contribution in [0, 0.1) is 6.92 Å². The number of benzene rings is 1. The summed E-state index contributed by atoms with van der Waals surface area (Å²) < 4.78 is 6.09. The van der Waals surface area contributed by atoms with E-state index < -0.39 is 0 Å². The second-order valence-corrected chi connectivity index (χ2v) is 8.64. The summed E-state index contributed by atoms with van der Waals surface area (Å²) in [6.07, 6.45) is 5.20. The Bertz CT molecular complexity index is 729. The Kier molecular flexibility index (Phi) is 5.74. The molecule has 28 heavy (non-hydrogen) atoms. The molecule has 3 heterocycles. The lowest BCUT2D eigenvalue weighted by Crippen LogP contribution is -2.53. The number of hydrogen-bond donors (Lipinski definition) is 0. The van der Waals surface area contributed by atoms with Crippen molar-refractivity contribution in [3.05, 3.63) is 41.5 Å². The summed E-state index contributed by atoms with van der Waals surface area (Å²) in [5.41, 5.74) is 3.91. The van der Waals surface area contributed by atoms with Gasteiger partial charge >= 0.3 is 0 Å². The van der Waals surface area contributed by atoms with Crippen molar-refractivity contribution in [2.45, 2.75) is 38.7 Å². The van der Waals surface area contributed by atoms with Crippen LogP contribution in [-0.2, 0) is 9.53 Å². The molecule has 3 aliphatic rings. The zero-order valence-electron chi connectivity index (χ0n) is 17.3. The first kappa shape index (κ1) is 19.5. The zero-order valence-corrected chi connectivity index (χ0v) is 17.3. The predicted molar refractivity (Wildman–Crippen MR) is 113 cm³/mol. The van der Waals surface area contributed by atoms with Crippen LogP contribution in [0.4, 0.5) is 5.69 Å². The summed E-state index contributed by atoms with van der Waals surface area (Å²) in [6.45, 7) is 11.2. The van der Waals surface area contributed by atoms with E-state index in [1.807, 2.05) is 4.90 Å². The third-order valence-electron chi connectivity index (χ3n) is 6.46. The van der Waals surface area contributed by atoms with E-state index in [1.165, 1.54) is 16.8 Å². The Balaban J connectivity index is 1.25. The Morgan fingerprint density at radius 2 is 1.82 bits per heavy atom. The predicted octanol–water partition coefficient (Wildman–Crippen LogP) is 2.84. The van der Waals surface area contributed by atoms with Gasteiger partial charge in [-0.25, -0.2) is 0 Å². The standard InChI is InChI=1S/C23H33N3O2/c1-19-4-3-5-21(16-19)25-13-11-24(12-14-25)18-22(27)26-9-7-23(8-10-26)17-20(2)6-15-28-23/h3-5,16-17H,6-15,18H2,1-2H3. The van der Waals surface area contributed by atoms with E-state index >= 15 is 0 Å². The maximum Gasteiger partial charge on any atom is 0.236 e. The van der Waals surface area contributed by atoms with Crippen molar-refractivity contribution in [1.82, 2.24) is 9.80 Å². The number of nitrogens with zero attached hydrogens (tertiary/aromatic N) is 3. The second-order valence-electron chi connectivity index (χ2n) is 8.64. The Labute approximate surface area is 168 Å². The largest absolute Gasteiger partial charge is 0.370 e. The van der Waals surface area contributed by atoms with Gasteiger partial charge in [0.05, 0.1) is 18.8 Å². The van der Waals surface area contributed by atoms with Crippen LogP contribution in [0.1, 0.15) is 31.7 Å². The van der Waals surface area contributed by atoms with Crippen LogP contribution in [0.3, 0.4) is 0 Å². The molecule has 0 atom stereocenters. The van der Waals surface area contributed by atoms with E-state index in [1.54, 1.807) is 0 Å². The monoisotopic (exact) mass is 383 g/mol. The second kappa shape index (κ2) is 8.26. The minimum absolute atomic E-state index is 0.113. The SMILES string of the molecule is CC1=CC2(CCN(C(=O)CN3CCN(c4cccc(C)c4)CC3)CC2)OCC1. The molecule has 4 rings (SSSR count). The van der Waals surface area contributed by atoms with Crippen LogP contribution < -0.4 is 4.90 Å². The lowest BCUT2D eigenvalue weighted by atomic mass is 9.87. The summed E-state index contributed by atoms with van der Waals surface area (Å²) in [6, 6.07) is 8.68. The molecule has 1 amide bonds. The van der Waals surface area contributed by atoms with Gasteiger partial charge in [-0.05, 0) is 50.8 Å². The van der Waals surface area contributed by atoms with Gasteiger partial charge in [-0.3, -0.25) is 9.69 Å². The molecule has 0 radical (unpaired) electrons. The first-order valence-electron chi connectivity index (χ1n) is 10.7. The van der Waals surface area contributed by atoms with Crippen LogP contribution in [0.2, 0.25) is 0 Å². The fourth-order valence-corrected chi connectivity index (χ4v) is 4.68. The maximum atomic E-state index is 12.8. The molecule has 0 N–H and O–H groups in total. The molecule has 5 nitrogen and oxygen atoms in total. The number of carbonyl (C=O) groups is 1. The third-order valence-corrected chi connectivity index (χ3v) is 6.46. The highest BCUT2D eigenvalue weighted by atomic mass is 16.5. The number of aryl methyl sites for hydroxylation is 1. The van der Waals surface area contributed by atoms with E-state index in [9.17, 15) is 4.79 Å². The van der Waals surface area contributed by atoms with Crippen LogP contribution >= 0.6 is 0 Å². The average molecular weight is 384 g/mol. The summed E-state index contributed by atoms with van der Waals surface area (Å²) in [5.74, 6) is 0.273. The Morgan fingerprint density at radius 1 is 1.07 bits per heavy atom. The molecule has 1 aromatic rings. The molecule has 2 fully saturated rings. The van der Waals surface area contributed by atoms with Crippen LogP contribution in [0.25, 0.3) is 0 Å². The number of hydrogen-bond acceptors (Lipinski definition) is 4. The highest BCUT2D eigenvalue weighted by Gasteiger charge is 2.37. The minimum atomic E-state index is -0.113.